The van der Waals surface area contributed by atoms with Crippen LogP contribution >= 0.6 is 0 Å². The Bertz CT molecular complexity index is 249. The van der Waals surface area contributed by atoms with Crippen molar-refractivity contribution < 1.29 is 4.74 Å². The predicted octanol–water partition coefficient (Wildman–Crippen LogP) is 2.46. The van der Waals surface area contributed by atoms with E-state index in [1.807, 2.05) is 7.11 Å². The highest BCUT2D eigenvalue weighted by atomic mass is 16.5. The van der Waals surface area contributed by atoms with Gasteiger partial charge in [0.15, 0.2) is 0 Å². The second-order valence-corrected chi connectivity index (χ2v) is 5.90. The van der Waals surface area contributed by atoms with Crippen LogP contribution in [0.15, 0.2) is 0 Å². The fourth-order valence-corrected chi connectivity index (χ4v) is 5.39. The monoisotopic (exact) mass is 178 g/mol. The Morgan fingerprint density at radius 1 is 1.15 bits per heavy atom. The van der Waals surface area contributed by atoms with Gasteiger partial charge in [-0.3, -0.25) is 0 Å². The lowest BCUT2D eigenvalue weighted by molar-refractivity contribution is -0.293. The van der Waals surface area contributed by atoms with Gasteiger partial charge in [0.05, 0.1) is 5.60 Å². The van der Waals surface area contributed by atoms with Crippen LogP contribution in [0, 0.1) is 29.6 Å². The van der Waals surface area contributed by atoms with E-state index in [0.717, 1.165) is 29.6 Å². The maximum Gasteiger partial charge on any atom is 0.0740 e. The normalized spacial score (nSPS) is 66.7. The van der Waals surface area contributed by atoms with Crippen LogP contribution in [0.3, 0.4) is 0 Å². The molecule has 1 nitrogen and oxygen atoms in total. The summed E-state index contributed by atoms with van der Waals surface area (Å²) in [6.07, 6.45) is 7.48. The van der Waals surface area contributed by atoms with E-state index < -0.39 is 0 Å². The Morgan fingerprint density at radius 2 is 2.08 bits per heavy atom. The lowest BCUT2D eigenvalue weighted by atomic mass is 9.36. The maximum atomic E-state index is 5.88. The number of hydrogen-bond donors (Lipinski definition) is 0. The van der Waals surface area contributed by atoms with Crippen LogP contribution in [-0.2, 0) is 4.74 Å². The van der Waals surface area contributed by atoms with E-state index >= 15 is 0 Å². The number of rotatable bonds is 1. The Hall–Kier alpha value is -0.0400. The standard InChI is InChI=1S/C12H18O/c1-13-12-6-10-8-2-7(4-11(10)12)3-9(12)5-8/h7-11H,2-6H2,1H3. The van der Waals surface area contributed by atoms with Crippen LogP contribution in [0.4, 0.5) is 0 Å². The van der Waals surface area contributed by atoms with Gasteiger partial charge in [0.1, 0.15) is 0 Å². The third-order valence-electron chi connectivity index (χ3n) is 5.80. The zero-order chi connectivity index (χ0) is 8.63. The van der Waals surface area contributed by atoms with Crippen LogP contribution in [-0.4, -0.2) is 12.7 Å². The molecule has 0 aliphatic heterocycles. The van der Waals surface area contributed by atoms with Crippen molar-refractivity contribution in [2.45, 2.75) is 37.7 Å². The zero-order valence-electron chi connectivity index (χ0n) is 8.33. The topological polar surface area (TPSA) is 9.23 Å². The molecule has 6 fully saturated rings. The van der Waals surface area contributed by atoms with E-state index in [-0.39, 0.29) is 0 Å². The van der Waals surface area contributed by atoms with Gasteiger partial charge < -0.3 is 4.74 Å². The Labute approximate surface area is 79.8 Å². The third-order valence-corrected chi connectivity index (χ3v) is 5.80. The lowest BCUT2D eigenvalue weighted by Crippen LogP contribution is -2.71. The molecule has 1 heteroatoms. The summed E-state index contributed by atoms with van der Waals surface area (Å²) in [5.74, 6) is 5.21. The van der Waals surface area contributed by atoms with Gasteiger partial charge in [-0.25, -0.2) is 0 Å². The first-order valence-electron chi connectivity index (χ1n) is 5.88. The maximum absolute atomic E-state index is 5.88. The number of hydrogen-bond acceptors (Lipinski definition) is 1. The van der Waals surface area contributed by atoms with Crippen LogP contribution in [0.5, 0.6) is 0 Å². The van der Waals surface area contributed by atoms with Crippen LogP contribution < -0.4 is 0 Å². The molecule has 6 aliphatic carbocycles. The zero-order valence-corrected chi connectivity index (χ0v) is 8.33. The van der Waals surface area contributed by atoms with Crippen molar-refractivity contribution in [2.75, 3.05) is 7.11 Å². The summed E-state index contributed by atoms with van der Waals surface area (Å²) in [4.78, 5) is 0. The highest BCUT2D eigenvalue weighted by Gasteiger charge is 2.69. The molecule has 0 heterocycles. The molecule has 6 saturated carbocycles. The summed E-state index contributed by atoms with van der Waals surface area (Å²) in [6, 6.07) is 0. The molecule has 6 atom stereocenters. The molecule has 0 aromatic rings. The fourth-order valence-electron chi connectivity index (χ4n) is 5.39. The minimum absolute atomic E-state index is 0.387. The van der Waals surface area contributed by atoms with Crippen molar-refractivity contribution in [3.8, 4) is 0 Å². The van der Waals surface area contributed by atoms with Gasteiger partial charge in [0.2, 0.25) is 0 Å². The van der Waals surface area contributed by atoms with Gasteiger partial charge in [-0.15, -0.1) is 0 Å². The number of ether oxygens (including phenoxy) is 1. The third kappa shape index (κ3) is 0.614. The van der Waals surface area contributed by atoms with Gasteiger partial charge in [0, 0.05) is 7.11 Å². The average molecular weight is 178 g/mol. The molecule has 13 heavy (non-hydrogen) atoms. The SMILES string of the molecule is COC12CC3C4CC(CC1C4)CC32. The second-order valence-electron chi connectivity index (χ2n) is 5.90. The smallest absolute Gasteiger partial charge is 0.0740 e. The van der Waals surface area contributed by atoms with E-state index in [9.17, 15) is 0 Å². The molecule has 72 valence electrons. The van der Waals surface area contributed by atoms with E-state index in [4.69, 9.17) is 4.74 Å². The first-order valence-corrected chi connectivity index (χ1v) is 5.88. The molecule has 0 spiro atoms. The summed E-state index contributed by atoms with van der Waals surface area (Å²) in [7, 11) is 1.96. The van der Waals surface area contributed by atoms with Crippen molar-refractivity contribution in [3.63, 3.8) is 0 Å². The summed E-state index contributed by atoms with van der Waals surface area (Å²) >= 11 is 0. The molecule has 0 amide bonds. The van der Waals surface area contributed by atoms with Gasteiger partial charge in [-0.05, 0) is 61.7 Å². The molecular weight excluding hydrogens is 160 g/mol. The molecule has 6 rings (SSSR count). The highest BCUT2D eigenvalue weighted by molar-refractivity contribution is 5.19. The predicted molar refractivity (Wildman–Crippen MR) is 50.3 cm³/mol. The van der Waals surface area contributed by atoms with E-state index in [1.165, 1.54) is 25.7 Å². The molecule has 0 aromatic carbocycles. The van der Waals surface area contributed by atoms with Crippen LogP contribution in [0.25, 0.3) is 0 Å². The Morgan fingerprint density at radius 3 is 2.85 bits per heavy atom. The molecule has 6 aliphatic rings. The summed E-state index contributed by atoms with van der Waals surface area (Å²) in [6.45, 7) is 0. The Kier molecular flexibility index (Phi) is 1.11. The molecule has 0 radical (unpaired) electrons. The van der Waals surface area contributed by atoms with Crippen molar-refractivity contribution in [3.05, 3.63) is 0 Å². The highest BCUT2D eigenvalue weighted by Crippen LogP contribution is 2.71. The van der Waals surface area contributed by atoms with Gasteiger partial charge in [-0.2, -0.15) is 0 Å². The molecule has 0 aromatic heterocycles. The molecule has 6 bridgehead atoms. The minimum atomic E-state index is 0.387. The first-order chi connectivity index (χ1) is 6.33. The Balaban J connectivity index is 1.80. The fraction of sp³-hybridized carbons (Fsp3) is 1.00. The van der Waals surface area contributed by atoms with Gasteiger partial charge in [-0.1, -0.05) is 0 Å². The van der Waals surface area contributed by atoms with E-state index in [1.54, 1.807) is 6.42 Å². The van der Waals surface area contributed by atoms with Gasteiger partial charge >= 0.3 is 0 Å². The van der Waals surface area contributed by atoms with E-state index in [2.05, 4.69) is 0 Å². The van der Waals surface area contributed by atoms with Crippen molar-refractivity contribution in [1.29, 1.82) is 0 Å². The van der Waals surface area contributed by atoms with E-state index in [0.29, 0.717) is 5.60 Å². The minimum Gasteiger partial charge on any atom is -0.378 e. The average Bonchev–Trinajstić information content (AvgIpc) is 2.11. The first kappa shape index (κ1) is 7.28. The lowest BCUT2D eigenvalue weighted by Gasteiger charge is -2.72. The van der Waals surface area contributed by atoms with Crippen molar-refractivity contribution in [1.82, 2.24) is 0 Å². The molecular formula is C12H18O. The summed E-state index contributed by atoms with van der Waals surface area (Å²) < 4.78 is 5.88. The molecule has 6 unspecified atom stereocenters. The molecule has 0 saturated heterocycles. The van der Waals surface area contributed by atoms with Crippen LogP contribution in [0.1, 0.15) is 32.1 Å². The summed E-state index contributed by atoms with van der Waals surface area (Å²) in [5, 5.41) is 0. The molecule has 0 N–H and O–H groups in total. The van der Waals surface area contributed by atoms with Crippen molar-refractivity contribution >= 4 is 0 Å². The largest absolute Gasteiger partial charge is 0.378 e. The summed E-state index contributed by atoms with van der Waals surface area (Å²) in [5.41, 5.74) is 0.387. The number of methoxy groups -OCH3 is 1. The van der Waals surface area contributed by atoms with Crippen LogP contribution in [0.2, 0.25) is 0 Å². The second kappa shape index (κ2) is 1.98. The van der Waals surface area contributed by atoms with Crippen molar-refractivity contribution in [2.24, 2.45) is 29.6 Å². The van der Waals surface area contributed by atoms with Gasteiger partial charge in [0.25, 0.3) is 0 Å². The quantitative estimate of drug-likeness (QED) is 0.599.